The van der Waals surface area contributed by atoms with Gasteiger partial charge < -0.3 is 4.90 Å². The molecule has 0 saturated carbocycles. The van der Waals surface area contributed by atoms with Crippen molar-refractivity contribution in [1.29, 1.82) is 0 Å². The Kier molecular flexibility index (Phi) is 3.89. The minimum absolute atomic E-state index is 0. The molecular formula is C8H12ClN. The Morgan fingerprint density at radius 2 is 2.40 bits per heavy atom. The van der Waals surface area contributed by atoms with Crippen molar-refractivity contribution < 1.29 is 0 Å². The molecule has 1 rings (SSSR count). The molecule has 0 unspecified atom stereocenters. The lowest BCUT2D eigenvalue weighted by atomic mass is 10.2. The molecule has 0 amide bonds. The molecule has 0 aliphatic carbocycles. The summed E-state index contributed by atoms with van der Waals surface area (Å²) in [6.45, 7) is 4.68. The second-order valence-electron chi connectivity index (χ2n) is 2.20. The zero-order valence-corrected chi connectivity index (χ0v) is 6.90. The highest BCUT2D eigenvalue weighted by Gasteiger charge is 1.96. The molecule has 10 heavy (non-hydrogen) atoms. The van der Waals surface area contributed by atoms with Gasteiger partial charge in [0.05, 0.1) is 0 Å². The number of allylic oxidation sites excluding steroid dienone is 2. The van der Waals surface area contributed by atoms with Crippen molar-refractivity contribution in [3.05, 3.63) is 36.6 Å². The first kappa shape index (κ1) is 9.31. The van der Waals surface area contributed by atoms with E-state index in [-0.39, 0.29) is 12.4 Å². The van der Waals surface area contributed by atoms with Crippen LogP contribution in [0, 0.1) is 0 Å². The summed E-state index contributed by atoms with van der Waals surface area (Å²) in [5, 5.41) is 0. The van der Waals surface area contributed by atoms with Crippen molar-refractivity contribution in [3.8, 4) is 0 Å². The van der Waals surface area contributed by atoms with E-state index < -0.39 is 0 Å². The first-order chi connectivity index (χ1) is 4.33. The summed E-state index contributed by atoms with van der Waals surface area (Å²) in [4.78, 5) is 2.12. The van der Waals surface area contributed by atoms with Crippen molar-refractivity contribution >= 4 is 12.4 Å². The Morgan fingerprint density at radius 1 is 1.70 bits per heavy atom. The zero-order valence-electron chi connectivity index (χ0n) is 6.08. The fourth-order valence-corrected chi connectivity index (χ4v) is 0.840. The zero-order chi connectivity index (χ0) is 6.69. The quantitative estimate of drug-likeness (QED) is 0.563. The van der Waals surface area contributed by atoms with Crippen molar-refractivity contribution in [2.24, 2.45) is 0 Å². The fourth-order valence-electron chi connectivity index (χ4n) is 0.840. The third-order valence-electron chi connectivity index (χ3n) is 1.35. The molecule has 1 heterocycles. The van der Waals surface area contributed by atoms with E-state index in [0.29, 0.717) is 0 Å². The maximum atomic E-state index is 3.69. The van der Waals surface area contributed by atoms with Gasteiger partial charge in [0, 0.05) is 13.6 Å². The molecule has 56 valence electrons. The highest BCUT2D eigenvalue weighted by atomic mass is 35.5. The Morgan fingerprint density at radius 3 is 2.80 bits per heavy atom. The number of likely N-dealkylation sites (N-methyl/N-ethyl adjacent to an activating group) is 1. The van der Waals surface area contributed by atoms with Crippen LogP contribution >= 0.6 is 12.4 Å². The van der Waals surface area contributed by atoms with E-state index in [9.17, 15) is 0 Å². The van der Waals surface area contributed by atoms with Gasteiger partial charge in [-0.3, -0.25) is 0 Å². The summed E-state index contributed by atoms with van der Waals surface area (Å²) < 4.78 is 0. The number of halogens is 1. The van der Waals surface area contributed by atoms with E-state index in [1.54, 1.807) is 0 Å². The summed E-state index contributed by atoms with van der Waals surface area (Å²) in [5.41, 5.74) is 1.28. The highest BCUT2D eigenvalue weighted by molar-refractivity contribution is 5.85. The Labute approximate surface area is 68.1 Å². The minimum Gasteiger partial charge on any atom is -0.376 e. The van der Waals surface area contributed by atoms with E-state index in [2.05, 4.69) is 17.6 Å². The Hall–Kier alpha value is -0.690. The van der Waals surface area contributed by atoms with Gasteiger partial charge in [0.1, 0.15) is 0 Å². The molecule has 1 aliphatic heterocycles. The standard InChI is InChI=1S/C8H11N.ClH/c1-3-8-5-4-6-9(2)7-8;/h3-6H,1,7H2,2H3;1H. The van der Waals surface area contributed by atoms with Crippen LogP contribution in [0.15, 0.2) is 36.6 Å². The third kappa shape index (κ3) is 2.28. The lowest BCUT2D eigenvalue weighted by Gasteiger charge is -2.16. The summed E-state index contributed by atoms with van der Waals surface area (Å²) >= 11 is 0. The maximum absolute atomic E-state index is 3.69. The van der Waals surface area contributed by atoms with Crippen LogP contribution in [0.2, 0.25) is 0 Å². The summed E-state index contributed by atoms with van der Waals surface area (Å²) in [7, 11) is 2.05. The van der Waals surface area contributed by atoms with Crippen molar-refractivity contribution in [1.82, 2.24) is 4.90 Å². The van der Waals surface area contributed by atoms with Crippen LogP contribution in [-0.2, 0) is 0 Å². The molecule has 0 radical (unpaired) electrons. The second-order valence-corrected chi connectivity index (χ2v) is 2.20. The molecular weight excluding hydrogens is 146 g/mol. The third-order valence-corrected chi connectivity index (χ3v) is 1.35. The molecule has 1 nitrogen and oxygen atoms in total. The average Bonchev–Trinajstić information content (AvgIpc) is 1.88. The van der Waals surface area contributed by atoms with Gasteiger partial charge in [-0.2, -0.15) is 0 Å². The van der Waals surface area contributed by atoms with Crippen molar-refractivity contribution in [2.75, 3.05) is 13.6 Å². The van der Waals surface area contributed by atoms with Crippen LogP contribution in [0.3, 0.4) is 0 Å². The first-order valence-electron chi connectivity index (χ1n) is 3.03. The Bertz CT molecular complexity index is 170. The van der Waals surface area contributed by atoms with Crippen molar-refractivity contribution in [3.63, 3.8) is 0 Å². The largest absolute Gasteiger partial charge is 0.376 e. The molecule has 0 aromatic heterocycles. The monoisotopic (exact) mass is 157 g/mol. The van der Waals surface area contributed by atoms with Gasteiger partial charge in [-0.25, -0.2) is 0 Å². The van der Waals surface area contributed by atoms with Crippen LogP contribution in [0.1, 0.15) is 0 Å². The summed E-state index contributed by atoms with van der Waals surface area (Å²) in [5.74, 6) is 0. The van der Waals surface area contributed by atoms with Crippen LogP contribution in [0.4, 0.5) is 0 Å². The smallest absolute Gasteiger partial charge is 0.0420 e. The molecule has 0 saturated heterocycles. The Balaban J connectivity index is 0.000000810. The molecule has 1 aliphatic rings. The van der Waals surface area contributed by atoms with Crippen LogP contribution in [0.5, 0.6) is 0 Å². The van der Waals surface area contributed by atoms with E-state index >= 15 is 0 Å². The molecule has 0 atom stereocenters. The summed E-state index contributed by atoms with van der Waals surface area (Å²) in [6.07, 6.45) is 8.04. The van der Waals surface area contributed by atoms with Crippen LogP contribution < -0.4 is 0 Å². The minimum atomic E-state index is 0. The molecule has 0 N–H and O–H groups in total. The van der Waals surface area contributed by atoms with Crippen LogP contribution in [-0.4, -0.2) is 18.5 Å². The van der Waals surface area contributed by atoms with Gasteiger partial charge in [0.2, 0.25) is 0 Å². The van der Waals surface area contributed by atoms with Gasteiger partial charge >= 0.3 is 0 Å². The predicted octanol–water partition coefficient (Wildman–Crippen LogP) is 1.98. The predicted molar refractivity (Wildman–Crippen MR) is 47.3 cm³/mol. The van der Waals surface area contributed by atoms with E-state index in [0.717, 1.165) is 6.54 Å². The lowest BCUT2D eigenvalue weighted by molar-refractivity contribution is 0.495. The van der Waals surface area contributed by atoms with E-state index in [1.807, 2.05) is 25.4 Å². The first-order valence-corrected chi connectivity index (χ1v) is 3.03. The van der Waals surface area contributed by atoms with Gasteiger partial charge in [-0.05, 0) is 17.8 Å². The molecule has 0 spiro atoms. The number of rotatable bonds is 1. The summed E-state index contributed by atoms with van der Waals surface area (Å²) in [6, 6.07) is 0. The topological polar surface area (TPSA) is 3.24 Å². The van der Waals surface area contributed by atoms with Crippen LogP contribution in [0.25, 0.3) is 0 Å². The lowest BCUT2D eigenvalue weighted by Crippen LogP contribution is -2.15. The number of nitrogens with zero attached hydrogens (tertiary/aromatic N) is 1. The normalized spacial score (nSPS) is 15.7. The number of hydrogen-bond donors (Lipinski definition) is 0. The highest BCUT2D eigenvalue weighted by Crippen LogP contribution is 2.04. The molecule has 0 aromatic rings. The SMILES string of the molecule is C=CC1=CC=CN(C)C1.Cl. The van der Waals surface area contributed by atoms with Gasteiger partial charge in [-0.1, -0.05) is 18.7 Å². The van der Waals surface area contributed by atoms with Gasteiger partial charge in [0.15, 0.2) is 0 Å². The van der Waals surface area contributed by atoms with Crippen molar-refractivity contribution in [2.45, 2.75) is 0 Å². The molecule has 0 fully saturated rings. The molecule has 0 bridgehead atoms. The fraction of sp³-hybridized carbons (Fsp3) is 0.250. The number of hydrogen-bond acceptors (Lipinski definition) is 1. The molecule has 0 aromatic carbocycles. The molecule has 2 heteroatoms. The second kappa shape index (κ2) is 4.18. The van der Waals surface area contributed by atoms with E-state index in [4.69, 9.17) is 0 Å². The van der Waals surface area contributed by atoms with E-state index in [1.165, 1.54) is 5.57 Å². The average molecular weight is 158 g/mol. The maximum Gasteiger partial charge on any atom is 0.0420 e. The van der Waals surface area contributed by atoms with Gasteiger partial charge in [-0.15, -0.1) is 12.4 Å². The van der Waals surface area contributed by atoms with Gasteiger partial charge in [0.25, 0.3) is 0 Å².